The SMILES string of the molecule is COc1cc(Br)c(/C=C(\C#N)C(=O)Nc2ccc(F)cc2)cc1OC. The maximum Gasteiger partial charge on any atom is 0.266 e. The van der Waals surface area contributed by atoms with Gasteiger partial charge in [-0.05, 0) is 48.0 Å². The molecule has 0 aromatic heterocycles. The Kier molecular flexibility index (Phi) is 6.14. The van der Waals surface area contributed by atoms with Gasteiger partial charge >= 0.3 is 0 Å². The number of methoxy groups -OCH3 is 2. The second-order valence-corrected chi connectivity index (χ2v) is 5.71. The quantitative estimate of drug-likeness (QED) is 0.599. The third-order valence-corrected chi connectivity index (χ3v) is 3.96. The molecule has 1 amide bonds. The van der Waals surface area contributed by atoms with Gasteiger partial charge in [-0.15, -0.1) is 0 Å². The molecule has 2 rings (SSSR count). The summed E-state index contributed by atoms with van der Waals surface area (Å²) in [5.74, 6) is -0.0342. The van der Waals surface area contributed by atoms with E-state index in [0.717, 1.165) is 0 Å². The molecular weight excluding hydrogens is 391 g/mol. The molecule has 0 saturated heterocycles. The minimum Gasteiger partial charge on any atom is -0.493 e. The Morgan fingerprint density at radius 3 is 2.36 bits per heavy atom. The van der Waals surface area contributed by atoms with Gasteiger partial charge in [0.2, 0.25) is 0 Å². The van der Waals surface area contributed by atoms with Crippen molar-refractivity contribution in [3.8, 4) is 17.6 Å². The van der Waals surface area contributed by atoms with Crippen LogP contribution in [0.2, 0.25) is 0 Å². The van der Waals surface area contributed by atoms with Crippen LogP contribution in [0, 0.1) is 17.1 Å². The molecule has 7 heteroatoms. The number of rotatable bonds is 5. The molecule has 0 aliphatic heterocycles. The molecule has 0 heterocycles. The molecule has 0 bridgehead atoms. The first kappa shape index (κ1) is 18.5. The molecule has 0 radical (unpaired) electrons. The Hall–Kier alpha value is -2.85. The molecule has 128 valence electrons. The van der Waals surface area contributed by atoms with Crippen LogP contribution in [0.25, 0.3) is 6.08 Å². The summed E-state index contributed by atoms with van der Waals surface area (Å²) in [6.45, 7) is 0. The third kappa shape index (κ3) is 4.58. The van der Waals surface area contributed by atoms with E-state index < -0.39 is 11.7 Å². The zero-order valence-corrected chi connectivity index (χ0v) is 15.1. The number of benzene rings is 2. The second kappa shape index (κ2) is 8.31. The summed E-state index contributed by atoms with van der Waals surface area (Å²) in [5.41, 5.74) is 0.847. The Balaban J connectivity index is 2.32. The number of carbonyl (C=O) groups is 1. The standard InChI is InChI=1S/C18H14BrFN2O3/c1-24-16-8-11(15(19)9-17(16)25-2)7-12(10-21)18(23)22-14-5-3-13(20)4-6-14/h3-9H,1-2H3,(H,22,23)/b12-7+. The molecule has 1 N–H and O–H groups in total. The van der Waals surface area contributed by atoms with Crippen LogP contribution in [-0.2, 0) is 4.79 Å². The highest BCUT2D eigenvalue weighted by atomic mass is 79.9. The molecule has 2 aromatic rings. The van der Waals surface area contributed by atoms with Gasteiger partial charge in [0.05, 0.1) is 14.2 Å². The first-order valence-corrected chi connectivity index (χ1v) is 7.88. The number of carbonyl (C=O) groups excluding carboxylic acids is 1. The van der Waals surface area contributed by atoms with Gasteiger partial charge in [0.15, 0.2) is 11.5 Å². The maximum atomic E-state index is 12.9. The highest BCUT2D eigenvalue weighted by Gasteiger charge is 2.13. The number of hydrogen-bond acceptors (Lipinski definition) is 4. The lowest BCUT2D eigenvalue weighted by molar-refractivity contribution is -0.112. The van der Waals surface area contributed by atoms with E-state index in [1.54, 1.807) is 12.1 Å². The normalized spacial score (nSPS) is 10.8. The number of nitrogens with one attached hydrogen (secondary N) is 1. The summed E-state index contributed by atoms with van der Waals surface area (Å²) in [7, 11) is 3.00. The van der Waals surface area contributed by atoms with Crippen molar-refractivity contribution in [3.63, 3.8) is 0 Å². The van der Waals surface area contributed by atoms with E-state index in [1.807, 2.05) is 6.07 Å². The minimum absolute atomic E-state index is 0.114. The molecule has 25 heavy (non-hydrogen) atoms. The largest absolute Gasteiger partial charge is 0.493 e. The van der Waals surface area contributed by atoms with E-state index in [4.69, 9.17) is 9.47 Å². The van der Waals surface area contributed by atoms with Crippen LogP contribution >= 0.6 is 15.9 Å². The number of nitriles is 1. The van der Waals surface area contributed by atoms with Gasteiger partial charge in [-0.25, -0.2) is 4.39 Å². The molecule has 0 spiro atoms. The van der Waals surface area contributed by atoms with Crippen LogP contribution < -0.4 is 14.8 Å². The molecule has 0 atom stereocenters. The predicted octanol–water partition coefficient (Wildman–Crippen LogP) is 4.15. The van der Waals surface area contributed by atoms with Crippen LogP contribution in [0.3, 0.4) is 0 Å². The van der Waals surface area contributed by atoms with E-state index in [1.165, 1.54) is 44.6 Å². The Bertz CT molecular complexity index is 858. The molecule has 5 nitrogen and oxygen atoms in total. The van der Waals surface area contributed by atoms with Gasteiger partial charge in [-0.2, -0.15) is 5.26 Å². The summed E-state index contributed by atoms with van der Waals surface area (Å²) in [4.78, 5) is 12.3. The molecule has 0 aliphatic carbocycles. The summed E-state index contributed by atoms with van der Waals surface area (Å²) >= 11 is 3.37. The summed E-state index contributed by atoms with van der Waals surface area (Å²) in [5, 5.41) is 11.8. The number of ether oxygens (including phenoxy) is 2. The average molecular weight is 405 g/mol. The lowest BCUT2D eigenvalue weighted by Crippen LogP contribution is -2.13. The minimum atomic E-state index is -0.601. The lowest BCUT2D eigenvalue weighted by atomic mass is 10.1. The van der Waals surface area contributed by atoms with E-state index in [0.29, 0.717) is 27.2 Å². The van der Waals surface area contributed by atoms with Crippen molar-refractivity contribution >= 4 is 33.6 Å². The van der Waals surface area contributed by atoms with Crippen molar-refractivity contribution in [1.82, 2.24) is 0 Å². The Morgan fingerprint density at radius 2 is 1.80 bits per heavy atom. The fourth-order valence-electron chi connectivity index (χ4n) is 2.02. The molecule has 0 unspecified atom stereocenters. The lowest BCUT2D eigenvalue weighted by Gasteiger charge is -2.10. The Morgan fingerprint density at radius 1 is 1.20 bits per heavy atom. The third-order valence-electron chi connectivity index (χ3n) is 3.27. The molecule has 2 aromatic carbocycles. The first-order chi connectivity index (χ1) is 12.0. The van der Waals surface area contributed by atoms with Crippen molar-refractivity contribution < 1.29 is 18.7 Å². The van der Waals surface area contributed by atoms with Crippen LogP contribution in [-0.4, -0.2) is 20.1 Å². The molecule has 0 saturated carbocycles. The van der Waals surface area contributed by atoms with E-state index in [2.05, 4.69) is 21.2 Å². The second-order valence-electron chi connectivity index (χ2n) is 4.86. The molecular formula is C18H14BrFN2O3. The summed E-state index contributed by atoms with van der Waals surface area (Å²) in [6.07, 6.45) is 1.42. The van der Waals surface area contributed by atoms with Crippen LogP contribution in [0.15, 0.2) is 46.4 Å². The zero-order chi connectivity index (χ0) is 18.4. The number of nitrogens with zero attached hydrogens (tertiary/aromatic N) is 1. The van der Waals surface area contributed by atoms with Gasteiger partial charge in [0.1, 0.15) is 17.5 Å². The van der Waals surface area contributed by atoms with Crippen molar-refractivity contribution in [1.29, 1.82) is 5.26 Å². The van der Waals surface area contributed by atoms with E-state index >= 15 is 0 Å². The maximum absolute atomic E-state index is 12.9. The van der Waals surface area contributed by atoms with Gasteiger partial charge in [0, 0.05) is 10.2 Å². The van der Waals surface area contributed by atoms with Gasteiger partial charge in [-0.3, -0.25) is 4.79 Å². The van der Waals surface area contributed by atoms with Crippen LogP contribution in [0.1, 0.15) is 5.56 Å². The van der Waals surface area contributed by atoms with Crippen LogP contribution in [0.4, 0.5) is 10.1 Å². The predicted molar refractivity (Wildman–Crippen MR) is 95.9 cm³/mol. The molecule has 0 fully saturated rings. The number of anilines is 1. The van der Waals surface area contributed by atoms with Crippen LogP contribution in [0.5, 0.6) is 11.5 Å². The smallest absolute Gasteiger partial charge is 0.266 e. The monoisotopic (exact) mass is 404 g/mol. The first-order valence-electron chi connectivity index (χ1n) is 7.08. The molecule has 0 aliphatic rings. The van der Waals surface area contributed by atoms with Gasteiger partial charge < -0.3 is 14.8 Å². The van der Waals surface area contributed by atoms with Gasteiger partial charge in [0.25, 0.3) is 5.91 Å². The van der Waals surface area contributed by atoms with Crippen molar-refractivity contribution in [2.24, 2.45) is 0 Å². The number of amides is 1. The highest BCUT2D eigenvalue weighted by molar-refractivity contribution is 9.10. The zero-order valence-electron chi connectivity index (χ0n) is 13.5. The summed E-state index contributed by atoms with van der Waals surface area (Å²) in [6, 6.07) is 10.4. The fourth-order valence-corrected chi connectivity index (χ4v) is 2.45. The topological polar surface area (TPSA) is 71.3 Å². The van der Waals surface area contributed by atoms with Crippen molar-refractivity contribution in [2.75, 3.05) is 19.5 Å². The van der Waals surface area contributed by atoms with Crippen molar-refractivity contribution in [2.45, 2.75) is 0 Å². The van der Waals surface area contributed by atoms with Gasteiger partial charge in [-0.1, -0.05) is 15.9 Å². The van der Waals surface area contributed by atoms with E-state index in [-0.39, 0.29) is 5.57 Å². The number of halogens is 2. The average Bonchev–Trinajstić information content (AvgIpc) is 2.62. The van der Waals surface area contributed by atoms with E-state index in [9.17, 15) is 14.4 Å². The van der Waals surface area contributed by atoms with Crippen molar-refractivity contribution in [3.05, 3.63) is 57.8 Å². The fraction of sp³-hybridized carbons (Fsp3) is 0.111. The Labute approximate surface area is 152 Å². The number of hydrogen-bond donors (Lipinski definition) is 1. The highest BCUT2D eigenvalue weighted by Crippen LogP contribution is 2.34. The summed E-state index contributed by atoms with van der Waals surface area (Å²) < 4.78 is 24.0.